The van der Waals surface area contributed by atoms with Crippen molar-refractivity contribution < 1.29 is 18.0 Å². The fourth-order valence-electron chi connectivity index (χ4n) is 1.99. The number of anilines is 1. The first kappa shape index (κ1) is 16.5. The van der Waals surface area contributed by atoms with Crippen LogP contribution in [0.2, 0.25) is 0 Å². The average Bonchev–Trinajstić information content (AvgIpc) is 2.39. The van der Waals surface area contributed by atoms with Crippen LogP contribution in [-0.4, -0.2) is 5.91 Å². The minimum absolute atomic E-state index is 0.149. The van der Waals surface area contributed by atoms with Gasteiger partial charge in [0.1, 0.15) is 0 Å². The molecule has 0 radical (unpaired) electrons. The highest BCUT2D eigenvalue weighted by Gasteiger charge is 2.30. The van der Waals surface area contributed by atoms with Crippen LogP contribution in [0.4, 0.5) is 18.9 Å². The summed E-state index contributed by atoms with van der Waals surface area (Å²) >= 11 is 0. The van der Waals surface area contributed by atoms with Crippen LogP contribution in [0.25, 0.3) is 0 Å². The second-order valence-electron chi connectivity index (χ2n) is 4.82. The Hall–Kier alpha value is -1.52. The number of hydrogen-bond donors (Lipinski definition) is 1. The van der Waals surface area contributed by atoms with Crippen molar-refractivity contribution >= 4 is 11.6 Å². The normalized spacial score (nSPS) is 13.1. The van der Waals surface area contributed by atoms with Crippen LogP contribution in [0, 0.1) is 5.92 Å². The lowest BCUT2D eigenvalue weighted by Gasteiger charge is -2.15. The number of nitrogens with one attached hydrogen (secondary N) is 1. The van der Waals surface area contributed by atoms with E-state index >= 15 is 0 Å². The highest BCUT2D eigenvalue weighted by molar-refractivity contribution is 5.92. The molecular weight excluding hydrogens is 267 g/mol. The molecule has 0 aliphatic heterocycles. The van der Waals surface area contributed by atoms with Crippen LogP contribution >= 0.6 is 0 Å². The molecule has 0 spiro atoms. The number of benzene rings is 1. The van der Waals surface area contributed by atoms with E-state index in [0.717, 1.165) is 31.4 Å². The molecule has 0 unspecified atom stereocenters. The van der Waals surface area contributed by atoms with Crippen molar-refractivity contribution in [2.24, 2.45) is 5.92 Å². The highest BCUT2D eigenvalue weighted by Crippen LogP contribution is 2.30. The standard InChI is InChI=1S/C15H20F3NO/c1-3-5-7-11(4-2)14(20)19-13-9-6-8-12(10-13)15(16,17)18/h6,8-11H,3-5,7H2,1-2H3,(H,19,20)/t11-/m0/s1. The van der Waals surface area contributed by atoms with Gasteiger partial charge in [0, 0.05) is 11.6 Å². The van der Waals surface area contributed by atoms with E-state index in [1.54, 1.807) is 0 Å². The van der Waals surface area contributed by atoms with E-state index in [9.17, 15) is 18.0 Å². The molecule has 0 saturated carbocycles. The summed E-state index contributed by atoms with van der Waals surface area (Å²) in [6.45, 7) is 3.95. The van der Waals surface area contributed by atoms with Gasteiger partial charge in [0.2, 0.25) is 5.91 Å². The van der Waals surface area contributed by atoms with Crippen molar-refractivity contribution in [3.05, 3.63) is 29.8 Å². The minimum atomic E-state index is -4.40. The second-order valence-corrected chi connectivity index (χ2v) is 4.82. The molecule has 0 heterocycles. The SMILES string of the molecule is CCCC[C@H](CC)C(=O)Nc1cccc(C(F)(F)F)c1. The van der Waals surface area contributed by atoms with Gasteiger partial charge in [0.25, 0.3) is 0 Å². The van der Waals surface area contributed by atoms with Crippen molar-refractivity contribution in [3.8, 4) is 0 Å². The molecule has 1 N–H and O–H groups in total. The van der Waals surface area contributed by atoms with Gasteiger partial charge in [-0.05, 0) is 31.0 Å². The zero-order valence-electron chi connectivity index (χ0n) is 11.8. The molecule has 2 nitrogen and oxygen atoms in total. The molecule has 1 rings (SSSR count). The minimum Gasteiger partial charge on any atom is -0.326 e. The maximum absolute atomic E-state index is 12.6. The van der Waals surface area contributed by atoms with Crippen LogP contribution in [0.5, 0.6) is 0 Å². The van der Waals surface area contributed by atoms with Crippen LogP contribution in [0.3, 0.4) is 0 Å². The number of hydrogen-bond acceptors (Lipinski definition) is 1. The van der Waals surface area contributed by atoms with Crippen LogP contribution < -0.4 is 5.32 Å². The fraction of sp³-hybridized carbons (Fsp3) is 0.533. The molecular formula is C15H20F3NO. The van der Waals surface area contributed by atoms with Crippen molar-refractivity contribution in [3.63, 3.8) is 0 Å². The third-order valence-electron chi connectivity index (χ3n) is 3.23. The third kappa shape index (κ3) is 4.87. The average molecular weight is 287 g/mol. The first-order chi connectivity index (χ1) is 9.38. The van der Waals surface area contributed by atoms with Gasteiger partial charge in [-0.3, -0.25) is 4.79 Å². The Kier molecular flexibility index (Phi) is 6.05. The molecule has 0 bridgehead atoms. The van der Waals surface area contributed by atoms with E-state index in [2.05, 4.69) is 5.32 Å². The van der Waals surface area contributed by atoms with Crippen LogP contribution in [-0.2, 0) is 11.0 Å². The Bertz CT molecular complexity index is 443. The number of halogens is 3. The lowest BCUT2D eigenvalue weighted by Crippen LogP contribution is -2.22. The number of carbonyl (C=O) groups is 1. The van der Waals surface area contributed by atoms with Gasteiger partial charge in [0.05, 0.1) is 5.56 Å². The predicted molar refractivity (Wildman–Crippen MR) is 73.4 cm³/mol. The Balaban J connectivity index is 2.74. The smallest absolute Gasteiger partial charge is 0.326 e. The maximum Gasteiger partial charge on any atom is 0.416 e. The van der Waals surface area contributed by atoms with Gasteiger partial charge >= 0.3 is 6.18 Å². The quantitative estimate of drug-likeness (QED) is 0.795. The Morgan fingerprint density at radius 2 is 2.00 bits per heavy atom. The van der Waals surface area contributed by atoms with Crippen molar-refractivity contribution in [1.29, 1.82) is 0 Å². The number of rotatable bonds is 6. The lowest BCUT2D eigenvalue weighted by atomic mass is 9.98. The van der Waals surface area contributed by atoms with Gasteiger partial charge in [-0.15, -0.1) is 0 Å². The van der Waals surface area contributed by atoms with E-state index < -0.39 is 11.7 Å². The van der Waals surface area contributed by atoms with Gasteiger partial charge in [-0.1, -0.05) is 32.8 Å². The number of unbranched alkanes of at least 4 members (excludes halogenated alkanes) is 1. The van der Waals surface area contributed by atoms with Crippen molar-refractivity contribution in [1.82, 2.24) is 0 Å². The van der Waals surface area contributed by atoms with E-state index in [0.29, 0.717) is 6.42 Å². The van der Waals surface area contributed by atoms with E-state index in [1.165, 1.54) is 12.1 Å². The summed E-state index contributed by atoms with van der Waals surface area (Å²) in [5.74, 6) is -0.357. The van der Waals surface area contributed by atoms with Crippen LogP contribution in [0.15, 0.2) is 24.3 Å². The molecule has 20 heavy (non-hydrogen) atoms. The molecule has 1 amide bonds. The summed E-state index contributed by atoms with van der Waals surface area (Å²) in [6, 6.07) is 4.72. The van der Waals surface area contributed by atoms with Crippen molar-refractivity contribution in [2.75, 3.05) is 5.32 Å². The molecule has 1 aromatic carbocycles. The van der Waals surface area contributed by atoms with E-state index in [1.807, 2.05) is 13.8 Å². The monoisotopic (exact) mass is 287 g/mol. The molecule has 5 heteroatoms. The molecule has 112 valence electrons. The third-order valence-corrected chi connectivity index (χ3v) is 3.23. The summed E-state index contributed by atoms with van der Waals surface area (Å²) < 4.78 is 37.8. The second kappa shape index (κ2) is 7.31. The van der Waals surface area contributed by atoms with E-state index in [-0.39, 0.29) is 17.5 Å². The summed E-state index contributed by atoms with van der Waals surface area (Å²) in [5.41, 5.74) is -0.559. The van der Waals surface area contributed by atoms with E-state index in [4.69, 9.17) is 0 Å². The number of amides is 1. The molecule has 0 saturated heterocycles. The zero-order valence-corrected chi connectivity index (χ0v) is 11.8. The zero-order chi connectivity index (χ0) is 15.2. The Labute approximate surface area is 117 Å². The van der Waals surface area contributed by atoms with Crippen LogP contribution in [0.1, 0.15) is 45.1 Å². The highest BCUT2D eigenvalue weighted by atomic mass is 19.4. The summed E-state index contributed by atoms with van der Waals surface area (Å²) in [5, 5.41) is 2.58. The molecule has 0 aliphatic rings. The van der Waals surface area contributed by atoms with Gasteiger partial charge in [-0.2, -0.15) is 13.2 Å². The number of carbonyl (C=O) groups excluding carboxylic acids is 1. The first-order valence-electron chi connectivity index (χ1n) is 6.86. The summed E-state index contributed by atoms with van der Waals surface area (Å²) in [4.78, 5) is 12.0. The lowest BCUT2D eigenvalue weighted by molar-refractivity contribution is -0.137. The van der Waals surface area contributed by atoms with Gasteiger partial charge < -0.3 is 5.32 Å². The molecule has 0 aromatic heterocycles. The molecule has 0 aliphatic carbocycles. The topological polar surface area (TPSA) is 29.1 Å². The molecule has 0 fully saturated rings. The largest absolute Gasteiger partial charge is 0.416 e. The molecule has 1 aromatic rings. The summed E-state index contributed by atoms with van der Waals surface area (Å²) in [6.07, 6.45) is -1.02. The maximum atomic E-state index is 12.6. The Morgan fingerprint density at radius 3 is 2.55 bits per heavy atom. The molecule has 1 atom stereocenters. The predicted octanol–water partition coefficient (Wildman–Crippen LogP) is 4.86. The fourth-order valence-corrected chi connectivity index (χ4v) is 1.99. The first-order valence-corrected chi connectivity index (χ1v) is 6.86. The van der Waals surface area contributed by atoms with Gasteiger partial charge in [0.15, 0.2) is 0 Å². The number of alkyl halides is 3. The van der Waals surface area contributed by atoms with Crippen molar-refractivity contribution in [2.45, 2.75) is 45.7 Å². The van der Waals surface area contributed by atoms with Gasteiger partial charge in [-0.25, -0.2) is 0 Å². The summed E-state index contributed by atoms with van der Waals surface area (Å²) in [7, 11) is 0. The Morgan fingerprint density at radius 1 is 1.30 bits per heavy atom.